The lowest BCUT2D eigenvalue weighted by Crippen LogP contribution is -2.36. The molecule has 1 aliphatic rings. The smallest absolute Gasteiger partial charge is 0.328 e. The van der Waals surface area contributed by atoms with Gasteiger partial charge in [0.2, 0.25) is 0 Å². The number of carbonyl (C=O) groups excluding carboxylic acids is 2. The van der Waals surface area contributed by atoms with Crippen molar-refractivity contribution in [1.29, 1.82) is 0 Å². The maximum absolute atomic E-state index is 13.8. The summed E-state index contributed by atoms with van der Waals surface area (Å²) in [6, 6.07) is 3.00. The number of nitrogens with zero attached hydrogens (tertiary/aromatic N) is 2. The third-order valence-corrected chi connectivity index (χ3v) is 7.11. The Bertz CT molecular complexity index is 904. The Balaban J connectivity index is 1.66. The standard InChI is InChI=1S/C21H25F2N3O3S2/c1-2-29-18(27)13-30-19-12-24-20(31-19)25-21(28)26(10-9-14-5-3-4-6-14)15-7-8-16(22)17(23)11-15/h7-8,11-12,14H,2-6,9-10,13H2,1H3,(H,24,25,28). The molecular formula is C21H25F2N3O3S2. The van der Waals surface area contributed by atoms with Crippen molar-refractivity contribution < 1.29 is 23.1 Å². The Labute approximate surface area is 188 Å². The molecule has 31 heavy (non-hydrogen) atoms. The van der Waals surface area contributed by atoms with Gasteiger partial charge < -0.3 is 4.74 Å². The lowest BCUT2D eigenvalue weighted by atomic mass is 10.0. The summed E-state index contributed by atoms with van der Waals surface area (Å²) in [7, 11) is 0. The summed E-state index contributed by atoms with van der Waals surface area (Å²) in [4.78, 5) is 30.0. The predicted octanol–water partition coefficient (Wildman–Crippen LogP) is 5.70. The second kappa shape index (κ2) is 11.4. The number of rotatable bonds is 9. The highest BCUT2D eigenvalue weighted by molar-refractivity contribution is 8.01. The summed E-state index contributed by atoms with van der Waals surface area (Å²) in [5.41, 5.74) is 0.294. The third kappa shape index (κ3) is 6.90. The molecule has 0 radical (unpaired) electrons. The highest BCUT2D eigenvalue weighted by atomic mass is 32.2. The molecule has 3 rings (SSSR count). The van der Waals surface area contributed by atoms with Gasteiger partial charge in [-0.1, -0.05) is 37.0 Å². The minimum absolute atomic E-state index is 0.159. The van der Waals surface area contributed by atoms with Gasteiger partial charge in [-0.25, -0.2) is 18.6 Å². The number of halogens is 2. The Hall–Kier alpha value is -2.20. The van der Waals surface area contributed by atoms with E-state index in [4.69, 9.17) is 4.74 Å². The van der Waals surface area contributed by atoms with Gasteiger partial charge in [0.1, 0.15) is 0 Å². The van der Waals surface area contributed by atoms with Crippen LogP contribution in [0, 0.1) is 17.6 Å². The number of carbonyl (C=O) groups is 2. The number of thiazole rings is 1. The number of urea groups is 1. The molecule has 2 amide bonds. The Morgan fingerprint density at radius 2 is 2.06 bits per heavy atom. The molecule has 1 aromatic heterocycles. The van der Waals surface area contributed by atoms with E-state index < -0.39 is 17.7 Å². The van der Waals surface area contributed by atoms with Crippen LogP contribution in [0.2, 0.25) is 0 Å². The lowest BCUT2D eigenvalue weighted by molar-refractivity contribution is -0.139. The highest BCUT2D eigenvalue weighted by Gasteiger charge is 2.22. The minimum atomic E-state index is -0.997. The van der Waals surface area contributed by atoms with Crippen molar-refractivity contribution in [3.63, 3.8) is 0 Å². The summed E-state index contributed by atoms with van der Waals surface area (Å²) in [5, 5.41) is 3.10. The van der Waals surface area contributed by atoms with Crippen molar-refractivity contribution in [3.8, 4) is 0 Å². The summed E-state index contributed by atoms with van der Waals surface area (Å²) < 4.78 is 32.8. The number of aromatic nitrogens is 1. The Kier molecular flexibility index (Phi) is 8.65. The van der Waals surface area contributed by atoms with E-state index in [2.05, 4.69) is 10.3 Å². The predicted molar refractivity (Wildman–Crippen MR) is 119 cm³/mol. The van der Waals surface area contributed by atoms with Crippen LogP contribution in [-0.4, -0.2) is 35.9 Å². The fraction of sp³-hybridized carbons (Fsp3) is 0.476. The van der Waals surface area contributed by atoms with Crippen LogP contribution < -0.4 is 10.2 Å². The fourth-order valence-corrected chi connectivity index (χ4v) is 5.15. The van der Waals surface area contributed by atoms with Crippen LogP contribution in [0.4, 0.5) is 24.4 Å². The molecule has 1 saturated carbocycles. The first-order valence-electron chi connectivity index (χ1n) is 10.2. The maximum atomic E-state index is 13.8. The van der Waals surface area contributed by atoms with Crippen LogP contribution in [0.25, 0.3) is 0 Å². The van der Waals surface area contributed by atoms with E-state index in [9.17, 15) is 18.4 Å². The van der Waals surface area contributed by atoms with Gasteiger partial charge in [-0.3, -0.25) is 15.0 Å². The number of amides is 2. The second-order valence-corrected chi connectivity index (χ2v) is 9.50. The van der Waals surface area contributed by atoms with Gasteiger partial charge in [0.15, 0.2) is 16.8 Å². The van der Waals surface area contributed by atoms with Crippen molar-refractivity contribution in [2.45, 2.75) is 43.2 Å². The zero-order valence-corrected chi connectivity index (χ0v) is 18.9. The fourth-order valence-electron chi connectivity index (χ4n) is 3.49. The van der Waals surface area contributed by atoms with Gasteiger partial charge in [-0.15, -0.1) is 11.8 Å². The summed E-state index contributed by atoms with van der Waals surface area (Å²) >= 11 is 2.51. The molecule has 1 N–H and O–H groups in total. The first-order chi connectivity index (χ1) is 15.0. The summed E-state index contributed by atoms with van der Waals surface area (Å²) in [6.45, 7) is 2.47. The highest BCUT2D eigenvalue weighted by Crippen LogP contribution is 2.31. The largest absolute Gasteiger partial charge is 0.465 e. The molecule has 0 atom stereocenters. The monoisotopic (exact) mass is 469 g/mol. The van der Waals surface area contributed by atoms with Crippen LogP contribution in [0.1, 0.15) is 39.0 Å². The minimum Gasteiger partial charge on any atom is -0.465 e. The molecule has 1 aliphatic carbocycles. The number of benzene rings is 1. The average molecular weight is 470 g/mol. The number of ether oxygens (including phenoxy) is 1. The van der Waals surface area contributed by atoms with Crippen LogP contribution in [0.5, 0.6) is 0 Å². The zero-order valence-electron chi connectivity index (χ0n) is 17.2. The molecule has 10 heteroatoms. The Morgan fingerprint density at radius 1 is 1.29 bits per heavy atom. The van der Waals surface area contributed by atoms with Crippen molar-refractivity contribution in [2.75, 3.05) is 29.1 Å². The molecule has 1 heterocycles. The van der Waals surface area contributed by atoms with Crippen LogP contribution in [0.3, 0.4) is 0 Å². The van der Waals surface area contributed by atoms with Gasteiger partial charge in [0.25, 0.3) is 0 Å². The lowest BCUT2D eigenvalue weighted by Gasteiger charge is -2.24. The van der Waals surface area contributed by atoms with Gasteiger partial charge >= 0.3 is 12.0 Å². The second-order valence-electron chi connectivity index (χ2n) is 7.20. The molecule has 6 nitrogen and oxygen atoms in total. The van der Waals surface area contributed by atoms with Gasteiger partial charge in [0, 0.05) is 18.3 Å². The number of nitrogens with one attached hydrogen (secondary N) is 1. The van der Waals surface area contributed by atoms with E-state index in [-0.39, 0.29) is 11.7 Å². The summed E-state index contributed by atoms with van der Waals surface area (Å²) in [5.74, 6) is -1.58. The molecule has 0 aliphatic heterocycles. The van der Waals surface area contributed by atoms with Gasteiger partial charge in [-0.05, 0) is 31.4 Å². The third-order valence-electron chi connectivity index (χ3n) is 5.03. The van der Waals surface area contributed by atoms with E-state index in [0.717, 1.165) is 35.6 Å². The SMILES string of the molecule is CCOC(=O)CSc1cnc(NC(=O)N(CCC2CCCC2)c2ccc(F)c(F)c2)s1. The number of thioether (sulfide) groups is 1. The molecule has 1 fully saturated rings. The van der Waals surface area contributed by atoms with E-state index in [1.54, 1.807) is 13.1 Å². The van der Waals surface area contributed by atoms with Crippen molar-refractivity contribution in [1.82, 2.24) is 4.98 Å². The maximum Gasteiger partial charge on any atom is 0.328 e. The molecule has 0 spiro atoms. The van der Waals surface area contributed by atoms with Crippen molar-refractivity contribution in [3.05, 3.63) is 36.0 Å². The van der Waals surface area contributed by atoms with E-state index >= 15 is 0 Å². The molecule has 0 unspecified atom stereocenters. The topological polar surface area (TPSA) is 71.5 Å². The molecule has 1 aromatic carbocycles. The quantitative estimate of drug-likeness (QED) is 0.377. The van der Waals surface area contributed by atoms with E-state index in [1.807, 2.05) is 0 Å². The Morgan fingerprint density at radius 3 is 2.77 bits per heavy atom. The van der Waals surface area contributed by atoms with Crippen LogP contribution in [0.15, 0.2) is 28.6 Å². The number of hydrogen-bond donors (Lipinski definition) is 1. The normalized spacial score (nSPS) is 13.9. The van der Waals surface area contributed by atoms with Crippen LogP contribution >= 0.6 is 23.1 Å². The van der Waals surface area contributed by atoms with Gasteiger partial charge in [-0.2, -0.15) is 0 Å². The average Bonchev–Trinajstić information content (AvgIpc) is 3.41. The van der Waals surface area contributed by atoms with Crippen LogP contribution in [-0.2, 0) is 9.53 Å². The summed E-state index contributed by atoms with van der Waals surface area (Å²) in [6.07, 6.45) is 7.00. The zero-order chi connectivity index (χ0) is 22.2. The first-order valence-corrected chi connectivity index (χ1v) is 12.0. The molecule has 0 bridgehead atoms. The molecule has 0 saturated heterocycles. The van der Waals surface area contributed by atoms with E-state index in [0.29, 0.717) is 29.9 Å². The van der Waals surface area contributed by atoms with E-state index in [1.165, 1.54) is 46.9 Å². The number of anilines is 2. The number of esters is 1. The number of hydrogen-bond acceptors (Lipinski definition) is 6. The van der Waals surface area contributed by atoms with Crippen molar-refractivity contribution in [2.24, 2.45) is 5.92 Å². The van der Waals surface area contributed by atoms with Crippen molar-refractivity contribution >= 4 is 45.9 Å². The molecule has 168 valence electrons. The molecular weight excluding hydrogens is 444 g/mol. The van der Waals surface area contributed by atoms with Gasteiger partial charge in [0.05, 0.1) is 22.8 Å². The first kappa shape index (κ1) is 23.5. The molecule has 2 aromatic rings.